The lowest BCUT2D eigenvalue weighted by molar-refractivity contribution is -0.136. The van der Waals surface area contributed by atoms with Crippen molar-refractivity contribution in [1.29, 1.82) is 0 Å². The van der Waals surface area contributed by atoms with Crippen LogP contribution in [0, 0.1) is 6.92 Å². The number of aromatic amines is 1. The normalized spacial score (nSPS) is 20.2. The fourth-order valence-electron chi connectivity index (χ4n) is 6.34. The number of piperazine rings is 1. The molecule has 2 atom stereocenters. The van der Waals surface area contributed by atoms with E-state index in [0.29, 0.717) is 42.9 Å². The van der Waals surface area contributed by atoms with Gasteiger partial charge in [0.15, 0.2) is 5.11 Å². The Labute approximate surface area is 286 Å². The number of thioether (sulfide) groups is 1. The van der Waals surface area contributed by atoms with Crippen molar-refractivity contribution >= 4 is 79.3 Å². The van der Waals surface area contributed by atoms with E-state index < -0.39 is 10.8 Å². The van der Waals surface area contributed by atoms with Crippen LogP contribution in [0.5, 0.6) is 0 Å². The van der Waals surface area contributed by atoms with Crippen molar-refractivity contribution in [3.63, 3.8) is 0 Å². The molecule has 2 aliphatic heterocycles. The lowest BCUT2D eigenvalue weighted by Crippen LogP contribution is -2.58. The molecule has 7 nitrogen and oxygen atoms in total. The highest BCUT2D eigenvalue weighted by molar-refractivity contribution is 9.10. The highest BCUT2D eigenvalue weighted by Gasteiger charge is 2.59. The molecule has 4 aromatic rings. The monoisotopic (exact) mass is 723 g/mol. The number of nitrogens with one attached hydrogen (secondary N) is 2. The zero-order valence-electron chi connectivity index (χ0n) is 25.2. The molecule has 3 heterocycles. The fourth-order valence-corrected chi connectivity index (χ4v) is 8.57. The van der Waals surface area contributed by atoms with Gasteiger partial charge in [-0.25, -0.2) is 0 Å². The van der Waals surface area contributed by atoms with Gasteiger partial charge in [-0.3, -0.25) is 9.59 Å². The summed E-state index contributed by atoms with van der Waals surface area (Å²) in [6.45, 7) is 7.52. The van der Waals surface area contributed by atoms with Crippen LogP contribution in [-0.2, 0) is 16.1 Å². The summed E-state index contributed by atoms with van der Waals surface area (Å²) >= 11 is 17.0. The molecule has 2 amide bonds. The Hall–Kier alpha value is -3.05. The summed E-state index contributed by atoms with van der Waals surface area (Å²) in [5.74, 6) is -0.0757. The Kier molecular flexibility index (Phi) is 9.47. The maximum Gasteiger partial charge on any atom is 0.242 e. The van der Waals surface area contributed by atoms with Crippen LogP contribution in [0.25, 0.3) is 10.9 Å². The number of amides is 2. The lowest BCUT2D eigenvalue weighted by atomic mass is 9.90. The van der Waals surface area contributed by atoms with Crippen LogP contribution in [0.1, 0.15) is 36.1 Å². The largest absolute Gasteiger partial charge is 0.363 e. The number of hydrogen-bond donors (Lipinski definition) is 2. The Balaban J connectivity index is 1.46. The second kappa shape index (κ2) is 13.4. The second-order valence-corrected chi connectivity index (χ2v) is 14.7. The topological polar surface area (TPSA) is 71.7 Å². The fraction of sp³-hybridized carbons (Fsp3) is 0.324. The van der Waals surface area contributed by atoms with Crippen LogP contribution in [0.4, 0.5) is 0 Å². The van der Waals surface area contributed by atoms with E-state index in [1.807, 2.05) is 72.3 Å². The highest BCUT2D eigenvalue weighted by atomic mass is 79.9. The van der Waals surface area contributed by atoms with Crippen molar-refractivity contribution in [2.75, 3.05) is 32.7 Å². The van der Waals surface area contributed by atoms with Crippen molar-refractivity contribution in [1.82, 2.24) is 25.0 Å². The van der Waals surface area contributed by atoms with Gasteiger partial charge in [-0.15, -0.1) is 11.8 Å². The second-order valence-electron chi connectivity index (χ2n) is 11.6. The molecular formula is C34H35BrClN5O2S2. The van der Waals surface area contributed by atoms with Crippen molar-refractivity contribution in [2.24, 2.45) is 0 Å². The van der Waals surface area contributed by atoms with Crippen molar-refractivity contribution in [3.8, 4) is 0 Å². The third-order valence-electron chi connectivity index (χ3n) is 8.59. The van der Waals surface area contributed by atoms with Crippen LogP contribution >= 0.6 is 51.5 Å². The number of aryl methyl sites for hydroxylation is 1. The van der Waals surface area contributed by atoms with Gasteiger partial charge in [0.2, 0.25) is 11.8 Å². The minimum Gasteiger partial charge on any atom is -0.363 e. The molecule has 1 aromatic heterocycles. The molecule has 11 heteroatoms. The molecule has 0 radical (unpaired) electrons. The predicted molar refractivity (Wildman–Crippen MR) is 190 cm³/mol. The van der Waals surface area contributed by atoms with Gasteiger partial charge in [0.1, 0.15) is 4.75 Å². The summed E-state index contributed by atoms with van der Waals surface area (Å²) in [4.78, 5) is 39.6. The number of benzene rings is 3. The van der Waals surface area contributed by atoms with Crippen LogP contribution < -0.4 is 5.32 Å². The Morgan fingerprint density at radius 3 is 2.44 bits per heavy atom. The zero-order valence-corrected chi connectivity index (χ0v) is 29.2. The highest BCUT2D eigenvalue weighted by Crippen LogP contribution is 2.55. The average Bonchev–Trinajstić information content (AvgIpc) is 3.56. The number of nitrogens with zero attached hydrogens (tertiary/aromatic N) is 3. The number of thiocarbonyl (C=S) groups is 1. The van der Waals surface area contributed by atoms with Crippen molar-refractivity contribution in [3.05, 3.63) is 99.1 Å². The number of H-pyrrole nitrogens is 1. The van der Waals surface area contributed by atoms with E-state index in [1.165, 1.54) is 11.8 Å². The smallest absolute Gasteiger partial charge is 0.242 e. The first kappa shape index (κ1) is 31.9. The van der Waals surface area contributed by atoms with E-state index in [-0.39, 0.29) is 18.2 Å². The number of likely N-dealkylation sites (tertiary alicyclic amines) is 1. The van der Waals surface area contributed by atoms with Crippen LogP contribution in [-0.4, -0.2) is 74.1 Å². The molecule has 6 rings (SSSR count). The van der Waals surface area contributed by atoms with E-state index in [4.69, 9.17) is 23.8 Å². The molecule has 2 N–H and O–H groups in total. The molecular weight excluding hydrogens is 690 g/mol. The number of halogens is 2. The molecule has 0 aliphatic carbocycles. The summed E-state index contributed by atoms with van der Waals surface area (Å²) in [5.41, 5.74) is 3.91. The number of carbonyl (C=O) groups excluding carboxylic acids is 2. The number of fused-ring (bicyclic) bond motifs is 1. The number of hydrogen-bond acceptors (Lipinski definition) is 4. The molecule has 45 heavy (non-hydrogen) atoms. The first-order chi connectivity index (χ1) is 21.7. The van der Waals surface area contributed by atoms with E-state index in [0.717, 1.165) is 43.5 Å². The summed E-state index contributed by atoms with van der Waals surface area (Å²) in [6, 6.07) is 21.4. The quantitative estimate of drug-likeness (QED) is 0.202. The molecule has 2 unspecified atom stereocenters. The van der Waals surface area contributed by atoms with Gasteiger partial charge in [0.05, 0.1) is 12.5 Å². The van der Waals surface area contributed by atoms with E-state index in [1.54, 1.807) is 0 Å². The molecule has 3 aromatic carbocycles. The van der Waals surface area contributed by atoms with Gasteiger partial charge in [0.25, 0.3) is 0 Å². The standard InChI is InChI=1S/C34H35BrClN5O2S2/c1-3-37-33(44)40-16-14-39(15-17-40)32(43)34(45-26-11-4-22(2)5-12-26)19-30(42)41(21-23-6-8-24(35)9-7-23)31(34)28-20-38-29-18-25(36)10-13-27(28)29/h4-13,18,20,31,38H,3,14-17,19,21H2,1-2H3,(H,37,44). The minimum absolute atomic E-state index is 0.0259. The third-order valence-corrected chi connectivity index (χ3v) is 11.2. The van der Waals surface area contributed by atoms with Gasteiger partial charge in [-0.2, -0.15) is 0 Å². The third kappa shape index (κ3) is 6.48. The van der Waals surface area contributed by atoms with E-state index in [9.17, 15) is 4.79 Å². The zero-order chi connectivity index (χ0) is 31.7. The molecule has 2 aliphatic rings. The Bertz CT molecular complexity index is 1720. The summed E-state index contributed by atoms with van der Waals surface area (Å²) in [6.07, 6.45) is 2.03. The maximum atomic E-state index is 15.1. The summed E-state index contributed by atoms with van der Waals surface area (Å²) in [7, 11) is 0. The maximum absolute atomic E-state index is 15.1. The number of rotatable bonds is 7. The summed E-state index contributed by atoms with van der Waals surface area (Å²) in [5, 5.41) is 5.50. The molecule has 0 spiro atoms. The number of aromatic nitrogens is 1. The van der Waals surface area contributed by atoms with Gasteiger partial charge in [-0.05, 0) is 68.0 Å². The summed E-state index contributed by atoms with van der Waals surface area (Å²) < 4.78 is -0.142. The Morgan fingerprint density at radius 2 is 1.76 bits per heavy atom. The van der Waals surface area contributed by atoms with Gasteiger partial charge in [0, 0.05) is 76.3 Å². The first-order valence-electron chi connectivity index (χ1n) is 15.1. The molecule has 2 fully saturated rings. The van der Waals surface area contributed by atoms with Crippen molar-refractivity contribution in [2.45, 2.75) is 42.5 Å². The van der Waals surface area contributed by atoms with E-state index >= 15 is 4.79 Å². The molecule has 234 valence electrons. The van der Waals surface area contributed by atoms with Crippen molar-refractivity contribution < 1.29 is 9.59 Å². The first-order valence-corrected chi connectivity index (χ1v) is 17.5. The van der Waals surface area contributed by atoms with E-state index in [2.05, 4.69) is 55.4 Å². The van der Waals surface area contributed by atoms with Gasteiger partial charge in [-0.1, -0.05) is 63.4 Å². The Morgan fingerprint density at radius 1 is 1.07 bits per heavy atom. The molecule has 0 saturated carbocycles. The molecule has 0 bridgehead atoms. The lowest BCUT2D eigenvalue weighted by Gasteiger charge is -2.43. The van der Waals surface area contributed by atoms with Gasteiger partial charge < -0.3 is 25.0 Å². The SMILES string of the molecule is CCNC(=S)N1CCN(C(=O)C2(Sc3ccc(C)cc3)CC(=O)N(Cc3ccc(Br)cc3)C2c2c[nH]c3cc(Cl)ccc23)CC1. The van der Waals surface area contributed by atoms with Crippen LogP contribution in [0.15, 0.2) is 82.3 Å². The van der Waals surface area contributed by atoms with Gasteiger partial charge >= 0.3 is 0 Å². The number of carbonyl (C=O) groups is 2. The van der Waals surface area contributed by atoms with Crippen LogP contribution in [0.3, 0.4) is 0 Å². The average molecular weight is 725 g/mol. The van der Waals surface area contributed by atoms with Crippen LogP contribution in [0.2, 0.25) is 5.02 Å². The minimum atomic E-state index is -1.11. The predicted octanol–water partition coefficient (Wildman–Crippen LogP) is 6.94. The molecule has 2 saturated heterocycles.